The zero-order valence-electron chi connectivity index (χ0n) is 14.4. The first-order chi connectivity index (χ1) is 12.5. The van der Waals surface area contributed by atoms with E-state index in [9.17, 15) is 9.59 Å². The second kappa shape index (κ2) is 5.98. The van der Waals surface area contributed by atoms with Gasteiger partial charge in [-0.05, 0) is 12.1 Å². The standard InChI is InChI=1S/C18H19N5O3/c1-22-9-18(26-17(22)25)6-7-23(10-18)16(24)13-4-2-12(3-5-13)14-8-15(19)21-11-20-14/h2-5,8,11H,6-7,9-10H2,1H3,(H2,19,20,21). The lowest BCUT2D eigenvalue weighted by atomic mass is 10.0. The minimum absolute atomic E-state index is 0.0683. The van der Waals surface area contributed by atoms with Gasteiger partial charge < -0.3 is 20.3 Å². The van der Waals surface area contributed by atoms with Crippen molar-refractivity contribution >= 4 is 17.8 Å². The molecule has 2 aliphatic rings. The third kappa shape index (κ3) is 2.83. The van der Waals surface area contributed by atoms with Crippen molar-refractivity contribution in [2.24, 2.45) is 0 Å². The Labute approximate surface area is 150 Å². The number of ether oxygens (including phenoxy) is 1. The number of nitrogens with zero attached hydrogens (tertiary/aromatic N) is 4. The van der Waals surface area contributed by atoms with Crippen LogP contribution in [0.5, 0.6) is 0 Å². The Morgan fingerprint density at radius 3 is 2.65 bits per heavy atom. The van der Waals surface area contributed by atoms with Gasteiger partial charge in [-0.1, -0.05) is 12.1 Å². The first kappa shape index (κ1) is 16.3. The number of aromatic nitrogens is 2. The molecular formula is C18H19N5O3. The summed E-state index contributed by atoms with van der Waals surface area (Å²) in [5, 5.41) is 0. The Kier molecular flexibility index (Phi) is 3.75. The Morgan fingerprint density at radius 2 is 2.00 bits per heavy atom. The maximum atomic E-state index is 12.8. The van der Waals surface area contributed by atoms with Crippen molar-refractivity contribution in [1.29, 1.82) is 0 Å². The zero-order chi connectivity index (χ0) is 18.3. The van der Waals surface area contributed by atoms with Crippen LogP contribution in [0.15, 0.2) is 36.7 Å². The second-order valence-electron chi connectivity index (χ2n) is 6.79. The number of likely N-dealkylation sites (N-methyl/N-ethyl adjacent to an activating group) is 1. The van der Waals surface area contributed by atoms with Crippen molar-refractivity contribution in [2.45, 2.75) is 12.0 Å². The van der Waals surface area contributed by atoms with Crippen LogP contribution in [0, 0.1) is 0 Å². The summed E-state index contributed by atoms with van der Waals surface area (Å²) in [6.45, 7) is 1.51. The molecule has 134 valence electrons. The second-order valence-corrected chi connectivity index (χ2v) is 6.79. The Bertz CT molecular complexity index is 869. The third-order valence-electron chi connectivity index (χ3n) is 4.86. The van der Waals surface area contributed by atoms with Crippen LogP contribution in [-0.4, -0.2) is 64.1 Å². The summed E-state index contributed by atoms with van der Waals surface area (Å²) in [5.74, 6) is 0.329. The van der Waals surface area contributed by atoms with Gasteiger partial charge in [-0.3, -0.25) is 4.79 Å². The molecule has 1 aromatic carbocycles. The van der Waals surface area contributed by atoms with Crippen LogP contribution >= 0.6 is 0 Å². The molecule has 2 N–H and O–H groups in total. The topological polar surface area (TPSA) is 102 Å². The van der Waals surface area contributed by atoms with E-state index in [0.717, 1.165) is 5.56 Å². The largest absolute Gasteiger partial charge is 0.439 e. The van der Waals surface area contributed by atoms with Crippen molar-refractivity contribution in [1.82, 2.24) is 19.8 Å². The molecule has 1 aromatic heterocycles. The lowest BCUT2D eigenvalue weighted by Crippen LogP contribution is -2.39. The highest BCUT2D eigenvalue weighted by molar-refractivity contribution is 5.95. The number of nitrogens with two attached hydrogens (primary N) is 1. The highest BCUT2D eigenvalue weighted by Gasteiger charge is 2.49. The molecule has 26 heavy (non-hydrogen) atoms. The predicted molar refractivity (Wildman–Crippen MR) is 94.2 cm³/mol. The molecule has 3 heterocycles. The van der Waals surface area contributed by atoms with Gasteiger partial charge >= 0.3 is 6.09 Å². The normalized spacial score (nSPS) is 22.1. The Hall–Kier alpha value is -3.16. The zero-order valence-corrected chi connectivity index (χ0v) is 14.4. The number of nitrogen functional groups attached to an aromatic ring is 1. The van der Waals surface area contributed by atoms with Crippen molar-refractivity contribution < 1.29 is 14.3 Å². The van der Waals surface area contributed by atoms with Gasteiger partial charge in [0.25, 0.3) is 5.91 Å². The molecule has 0 bridgehead atoms. The lowest BCUT2D eigenvalue weighted by Gasteiger charge is -2.21. The maximum absolute atomic E-state index is 12.8. The van der Waals surface area contributed by atoms with Crippen molar-refractivity contribution in [2.75, 3.05) is 32.4 Å². The number of hydrogen-bond acceptors (Lipinski definition) is 6. The summed E-state index contributed by atoms with van der Waals surface area (Å²) < 4.78 is 5.49. The van der Waals surface area contributed by atoms with Gasteiger partial charge in [0.05, 0.1) is 18.8 Å². The average molecular weight is 353 g/mol. The van der Waals surface area contributed by atoms with Gasteiger partial charge in [-0.2, -0.15) is 0 Å². The van der Waals surface area contributed by atoms with Gasteiger partial charge in [0.15, 0.2) is 5.60 Å². The van der Waals surface area contributed by atoms with Gasteiger partial charge in [0, 0.05) is 37.2 Å². The summed E-state index contributed by atoms with van der Waals surface area (Å²) in [6.07, 6.45) is 1.74. The number of carbonyl (C=O) groups is 2. The highest BCUT2D eigenvalue weighted by atomic mass is 16.6. The van der Waals surface area contributed by atoms with Crippen LogP contribution < -0.4 is 5.73 Å². The van der Waals surface area contributed by atoms with Gasteiger partial charge in [-0.15, -0.1) is 0 Å². The monoisotopic (exact) mass is 353 g/mol. The van der Waals surface area contributed by atoms with E-state index in [4.69, 9.17) is 10.5 Å². The van der Waals surface area contributed by atoms with E-state index < -0.39 is 5.60 Å². The van der Waals surface area contributed by atoms with Gasteiger partial charge in [0.1, 0.15) is 12.1 Å². The van der Waals surface area contributed by atoms with Gasteiger partial charge in [-0.25, -0.2) is 14.8 Å². The van der Waals surface area contributed by atoms with Crippen LogP contribution in [0.25, 0.3) is 11.3 Å². The van der Waals surface area contributed by atoms with Crippen molar-refractivity contribution in [3.63, 3.8) is 0 Å². The fraction of sp³-hybridized carbons (Fsp3) is 0.333. The van der Waals surface area contributed by atoms with E-state index in [1.165, 1.54) is 6.33 Å². The molecule has 1 spiro atoms. The summed E-state index contributed by atoms with van der Waals surface area (Å²) in [7, 11) is 1.71. The third-order valence-corrected chi connectivity index (χ3v) is 4.86. The Morgan fingerprint density at radius 1 is 1.23 bits per heavy atom. The number of rotatable bonds is 2. The van der Waals surface area contributed by atoms with Crippen LogP contribution in [0.2, 0.25) is 0 Å². The Balaban J connectivity index is 1.48. The minimum atomic E-state index is -0.570. The molecule has 0 aliphatic carbocycles. The minimum Gasteiger partial charge on any atom is -0.439 e. The molecule has 2 amide bonds. The van der Waals surface area contributed by atoms with Crippen LogP contribution in [0.1, 0.15) is 16.8 Å². The van der Waals surface area contributed by atoms with E-state index in [-0.39, 0.29) is 12.0 Å². The molecule has 1 unspecified atom stereocenters. The quantitative estimate of drug-likeness (QED) is 0.875. The van der Waals surface area contributed by atoms with E-state index in [0.29, 0.717) is 43.1 Å². The van der Waals surface area contributed by atoms with Crippen molar-refractivity contribution in [3.05, 3.63) is 42.2 Å². The van der Waals surface area contributed by atoms with E-state index in [2.05, 4.69) is 9.97 Å². The fourth-order valence-electron chi connectivity index (χ4n) is 3.52. The molecule has 0 saturated carbocycles. The number of amides is 2. The van der Waals surface area contributed by atoms with Crippen LogP contribution in [-0.2, 0) is 4.74 Å². The van der Waals surface area contributed by atoms with Crippen LogP contribution in [0.3, 0.4) is 0 Å². The van der Waals surface area contributed by atoms with Crippen molar-refractivity contribution in [3.8, 4) is 11.3 Å². The number of benzene rings is 1. The maximum Gasteiger partial charge on any atom is 0.410 e. The highest BCUT2D eigenvalue weighted by Crippen LogP contribution is 2.32. The van der Waals surface area contributed by atoms with E-state index in [1.54, 1.807) is 35.0 Å². The predicted octanol–water partition coefficient (Wildman–Crippen LogP) is 1.39. The summed E-state index contributed by atoms with van der Waals surface area (Å²) in [6, 6.07) is 8.90. The molecule has 8 heteroatoms. The molecule has 1 atom stereocenters. The molecule has 8 nitrogen and oxygen atoms in total. The lowest BCUT2D eigenvalue weighted by molar-refractivity contribution is 0.0553. The molecule has 2 aliphatic heterocycles. The smallest absolute Gasteiger partial charge is 0.410 e. The summed E-state index contributed by atoms with van der Waals surface area (Å²) in [5.41, 5.74) is 7.27. The number of hydrogen-bond donors (Lipinski definition) is 1. The number of carbonyl (C=O) groups excluding carboxylic acids is 2. The first-order valence-corrected chi connectivity index (χ1v) is 8.37. The molecule has 2 saturated heterocycles. The molecule has 2 aromatic rings. The molecule has 2 fully saturated rings. The summed E-state index contributed by atoms with van der Waals surface area (Å²) >= 11 is 0. The summed E-state index contributed by atoms with van der Waals surface area (Å²) in [4.78, 5) is 35.8. The van der Waals surface area contributed by atoms with E-state index in [1.807, 2.05) is 12.1 Å². The molecule has 0 radical (unpaired) electrons. The number of anilines is 1. The number of likely N-dealkylation sites (tertiary alicyclic amines) is 1. The SMILES string of the molecule is CN1CC2(CCN(C(=O)c3ccc(-c4cc(N)ncn4)cc3)C2)OC1=O. The fourth-order valence-corrected chi connectivity index (χ4v) is 3.52. The molecule has 4 rings (SSSR count). The van der Waals surface area contributed by atoms with E-state index >= 15 is 0 Å². The van der Waals surface area contributed by atoms with Gasteiger partial charge in [0.2, 0.25) is 0 Å². The first-order valence-electron chi connectivity index (χ1n) is 8.37. The molecular weight excluding hydrogens is 334 g/mol. The average Bonchev–Trinajstić information content (AvgIpc) is 3.17. The van der Waals surface area contributed by atoms with Crippen LogP contribution in [0.4, 0.5) is 10.6 Å².